The molecule has 0 aliphatic carbocycles. The Labute approximate surface area is 126 Å². The van der Waals surface area contributed by atoms with Gasteiger partial charge >= 0.3 is 5.97 Å². The summed E-state index contributed by atoms with van der Waals surface area (Å²) in [6.07, 6.45) is 4.17. The Morgan fingerprint density at radius 2 is 2.18 bits per heavy atom. The van der Waals surface area contributed by atoms with Crippen molar-refractivity contribution in [1.29, 1.82) is 0 Å². The molecule has 0 fully saturated rings. The van der Waals surface area contributed by atoms with E-state index in [0.717, 1.165) is 0 Å². The predicted molar refractivity (Wildman–Crippen MR) is 81.0 cm³/mol. The van der Waals surface area contributed by atoms with E-state index in [0.29, 0.717) is 17.1 Å². The molecule has 0 saturated heterocycles. The molecule has 0 saturated carbocycles. The van der Waals surface area contributed by atoms with Gasteiger partial charge in [-0.25, -0.2) is 4.79 Å². The van der Waals surface area contributed by atoms with Crippen LogP contribution in [-0.2, 0) is 9.53 Å². The number of ether oxygens (including phenoxy) is 1. The lowest BCUT2D eigenvalue weighted by Gasteiger charge is -1.97. The molecule has 1 aromatic heterocycles. The number of benzene rings is 1. The fourth-order valence-corrected chi connectivity index (χ4v) is 1.71. The van der Waals surface area contributed by atoms with E-state index in [2.05, 4.69) is 6.58 Å². The highest BCUT2D eigenvalue weighted by atomic mass is 16.6. The molecule has 0 bridgehead atoms. The molecule has 22 heavy (non-hydrogen) atoms. The van der Waals surface area contributed by atoms with E-state index in [1.807, 2.05) is 0 Å². The van der Waals surface area contributed by atoms with E-state index in [1.54, 1.807) is 24.3 Å². The van der Waals surface area contributed by atoms with Gasteiger partial charge in [-0.3, -0.25) is 10.1 Å². The van der Waals surface area contributed by atoms with Gasteiger partial charge in [-0.1, -0.05) is 24.8 Å². The number of carbonyl (C=O) groups is 1. The average molecular weight is 299 g/mol. The first-order valence-corrected chi connectivity index (χ1v) is 6.40. The molecule has 2 rings (SSSR count). The maximum Gasteiger partial charge on any atom is 0.331 e. The molecule has 1 heterocycles. The second-order valence-electron chi connectivity index (χ2n) is 4.26. The largest absolute Gasteiger partial charge is 0.458 e. The van der Waals surface area contributed by atoms with Gasteiger partial charge in [0.25, 0.3) is 5.69 Å². The first-order valence-electron chi connectivity index (χ1n) is 6.40. The van der Waals surface area contributed by atoms with Crippen LogP contribution in [0.2, 0.25) is 0 Å². The fraction of sp³-hybridized carbons (Fsp3) is 0.0625. The highest BCUT2D eigenvalue weighted by Gasteiger charge is 2.09. The van der Waals surface area contributed by atoms with Crippen LogP contribution in [0.5, 0.6) is 0 Å². The molecule has 0 aliphatic rings. The average Bonchev–Trinajstić information content (AvgIpc) is 3.00. The van der Waals surface area contributed by atoms with Crippen molar-refractivity contribution in [2.24, 2.45) is 0 Å². The third-order valence-electron chi connectivity index (χ3n) is 2.70. The number of hydrogen-bond donors (Lipinski definition) is 0. The third kappa shape index (κ3) is 3.92. The van der Waals surface area contributed by atoms with E-state index in [9.17, 15) is 14.9 Å². The van der Waals surface area contributed by atoms with Gasteiger partial charge in [-0.05, 0) is 18.2 Å². The van der Waals surface area contributed by atoms with Crippen molar-refractivity contribution in [3.63, 3.8) is 0 Å². The van der Waals surface area contributed by atoms with Gasteiger partial charge in [0.05, 0.1) is 4.92 Å². The SMILES string of the molecule is C=CCOC(=O)C=Cc1ccc(-c2cccc([N+](=O)[O-])c2)o1. The minimum atomic E-state index is -0.506. The van der Waals surface area contributed by atoms with Crippen LogP contribution in [0.15, 0.2) is 59.5 Å². The number of nitro benzene ring substituents is 1. The summed E-state index contributed by atoms with van der Waals surface area (Å²) in [5.41, 5.74) is 0.571. The summed E-state index contributed by atoms with van der Waals surface area (Å²) in [4.78, 5) is 21.6. The van der Waals surface area contributed by atoms with Crippen LogP contribution < -0.4 is 0 Å². The molecule has 2 aromatic rings. The highest BCUT2D eigenvalue weighted by Crippen LogP contribution is 2.26. The molecule has 0 amide bonds. The Morgan fingerprint density at radius 1 is 1.36 bits per heavy atom. The van der Waals surface area contributed by atoms with Crippen LogP contribution in [0.1, 0.15) is 5.76 Å². The molecule has 0 spiro atoms. The quantitative estimate of drug-likeness (QED) is 0.267. The number of non-ortho nitro benzene ring substituents is 1. The lowest BCUT2D eigenvalue weighted by molar-refractivity contribution is -0.384. The van der Waals surface area contributed by atoms with Gasteiger partial charge in [0, 0.05) is 23.8 Å². The number of hydrogen-bond acceptors (Lipinski definition) is 5. The molecule has 0 aliphatic heterocycles. The number of nitro groups is 1. The van der Waals surface area contributed by atoms with Crippen molar-refractivity contribution in [2.45, 2.75) is 0 Å². The second kappa shape index (κ2) is 7.03. The molecule has 6 heteroatoms. The summed E-state index contributed by atoms with van der Waals surface area (Å²) in [6.45, 7) is 3.58. The molecule has 0 N–H and O–H groups in total. The number of carbonyl (C=O) groups excluding carboxylic acids is 1. The van der Waals surface area contributed by atoms with Crippen LogP contribution in [0.3, 0.4) is 0 Å². The molecule has 0 atom stereocenters. The zero-order valence-electron chi connectivity index (χ0n) is 11.6. The van der Waals surface area contributed by atoms with Crippen molar-refractivity contribution >= 4 is 17.7 Å². The first-order chi connectivity index (χ1) is 10.6. The van der Waals surface area contributed by atoms with Crippen molar-refractivity contribution in [3.8, 4) is 11.3 Å². The Bertz CT molecular complexity index is 730. The normalized spacial score (nSPS) is 10.5. The van der Waals surface area contributed by atoms with Crippen LogP contribution in [0.25, 0.3) is 17.4 Å². The van der Waals surface area contributed by atoms with Gasteiger partial charge in [0.15, 0.2) is 0 Å². The van der Waals surface area contributed by atoms with Gasteiger partial charge in [-0.15, -0.1) is 0 Å². The molecule has 1 aromatic carbocycles. The van der Waals surface area contributed by atoms with Crippen LogP contribution in [0.4, 0.5) is 5.69 Å². The summed E-state index contributed by atoms with van der Waals surface area (Å²) < 4.78 is 10.3. The predicted octanol–water partition coefficient (Wildman–Crippen LogP) is 3.60. The number of rotatable bonds is 6. The molecule has 0 unspecified atom stereocenters. The topological polar surface area (TPSA) is 82.6 Å². The van der Waals surface area contributed by atoms with Crippen molar-refractivity contribution in [2.75, 3.05) is 6.61 Å². The Balaban J connectivity index is 2.13. The standard InChI is InChI=1S/C16H13NO5/c1-2-10-21-16(18)9-7-14-6-8-15(22-14)12-4-3-5-13(11-12)17(19)20/h2-9,11H,1,10H2. The monoisotopic (exact) mass is 299 g/mol. The minimum absolute atomic E-state index is 0.0148. The number of nitrogens with zero attached hydrogens (tertiary/aromatic N) is 1. The lowest BCUT2D eigenvalue weighted by atomic mass is 10.1. The molecule has 6 nitrogen and oxygen atoms in total. The Hall–Kier alpha value is -3.15. The lowest BCUT2D eigenvalue weighted by Crippen LogP contribution is -1.99. The smallest absolute Gasteiger partial charge is 0.331 e. The van der Waals surface area contributed by atoms with Gasteiger partial charge in [-0.2, -0.15) is 0 Å². The zero-order chi connectivity index (χ0) is 15.9. The van der Waals surface area contributed by atoms with E-state index < -0.39 is 10.9 Å². The summed E-state index contributed by atoms with van der Waals surface area (Å²) in [7, 11) is 0. The second-order valence-corrected chi connectivity index (χ2v) is 4.26. The maximum atomic E-state index is 11.3. The molecule has 0 radical (unpaired) electrons. The van der Waals surface area contributed by atoms with Crippen LogP contribution in [0, 0.1) is 10.1 Å². The highest BCUT2D eigenvalue weighted by molar-refractivity contribution is 5.86. The zero-order valence-corrected chi connectivity index (χ0v) is 11.6. The fourth-order valence-electron chi connectivity index (χ4n) is 1.71. The Kier molecular flexibility index (Phi) is 4.87. The van der Waals surface area contributed by atoms with Crippen LogP contribution >= 0.6 is 0 Å². The Morgan fingerprint density at radius 3 is 2.91 bits per heavy atom. The number of esters is 1. The summed E-state index contributed by atoms with van der Waals surface area (Å²) in [6, 6.07) is 9.45. The minimum Gasteiger partial charge on any atom is -0.458 e. The third-order valence-corrected chi connectivity index (χ3v) is 2.70. The maximum absolute atomic E-state index is 11.3. The van der Waals surface area contributed by atoms with Crippen molar-refractivity contribution < 1.29 is 18.9 Å². The summed E-state index contributed by atoms with van der Waals surface area (Å²) in [5.74, 6) is 0.410. The molecule has 112 valence electrons. The van der Waals surface area contributed by atoms with E-state index >= 15 is 0 Å². The van der Waals surface area contributed by atoms with E-state index in [4.69, 9.17) is 9.15 Å². The van der Waals surface area contributed by atoms with Crippen molar-refractivity contribution in [3.05, 3.63) is 71.0 Å². The van der Waals surface area contributed by atoms with Gasteiger partial charge in [0.2, 0.25) is 0 Å². The van der Waals surface area contributed by atoms with Crippen molar-refractivity contribution in [1.82, 2.24) is 0 Å². The van der Waals surface area contributed by atoms with Crippen LogP contribution in [-0.4, -0.2) is 17.5 Å². The first kappa shape index (κ1) is 15.2. The summed E-state index contributed by atoms with van der Waals surface area (Å²) in [5, 5.41) is 10.8. The molecular formula is C16H13NO5. The summed E-state index contributed by atoms with van der Waals surface area (Å²) >= 11 is 0. The van der Waals surface area contributed by atoms with E-state index in [-0.39, 0.29) is 12.3 Å². The van der Waals surface area contributed by atoms with Gasteiger partial charge < -0.3 is 9.15 Å². The van der Waals surface area contributed by atoms with Gasteiger partial charge in [0.1, 0.15) is 18.1 Å². The van der Waals surface area contributed by atoms with E-state index in [1.165, 1.54) is 30.4 Å². The molecular weight excluding hydrogens is 286 g/mol. The number of furan rings is 1.